The maximum atomic E-state index is 12.0. The number of aryl methyl sites for hydroxylation is 1. The van der Waals surface area contributed by atoms with E-state index in [-0.39, 0.29) is 11.8 Å². The summed E-state index contributed by atoms with van der Waals surface area (Å²) in [6.07, 6.45) is 2.77. The number of benzene rings is 1. The van der Waals surface area contributed by atoms with E-state index in [2.05, 4.69) is 10.6 Å². The van der Waals surface area contributed by atoms with E-state index in [1.165, 1.54) is 6.08 Å². The van der Waals surface area contributed by atoms with Gasteiger partial charge in [-0.2, -0.15) is 0 Å². The average Bonchev–Trinajstić information content (AvgIpc) is 2.92. The van der Waals surface area contributed by atoms with E-state index in [9.17, 15) is 9.59 Å². The first kappa shape index (κ1) is 15.3. The van der Waals surface area contributed by atoms with Crippen LogP contribution in [-0.4, -0.2) is 17.9 Å². The van der Waals surface area contributed by atoms with Gasteiger partial charge in [0.2, 0.25) is 5.91 Å². The van der Waals surface area contributed by atoms with Crippen molar-refractivity contribution in [2.75, 3.05) is 10.6 Å². The standard InChI is InChI=1S/C17H16N2O3S/c1-10-7-8-23-15(10)5-6-16(20)18-12-3-4-14-13(9-12)19-17(21)11(2)22-14/h3-9,11H,1-2H3,(H,18,20)(H,19,21). The van der Waals surface area contributed by atoms with Gasteiger partial charge in [-0.3, -0.25) is 9.59 Å². The molecule has 0 saturated heterocycles. The van der Waals surface area contributed by atoms with Crippen molar-refractivity contribution in [2.45, 2.75) is 20.0 Å². The van der Waals surface area contributed by atoms with Crippen molar-refractivity contribution in [2.24, 2.45) is 0 Å². The lowest BCUT2D eigenvalue weighted by atomic mass is 10.2. The van der Waals surface area contributed by atoms with Gasteiger partial charge in [-0.15, -0.1) is 11.3 Å². The van der Waals surface area contributed by atoms with Crippen molar-refractivity contribution in [3.63, 3.8) is 0 Å². The largest absolute Gasteiger partial charge is 0.479 e. The summed E-state index contributed by atoms with van der Waals surface area (Å²) in [4.78, 5) is 24.7. The molecule has 1 aliphatic heterocycles. The van der Waals surface area contributed by atoms with Crippen LogP contribution in [0.4, 0.5) is 11.4 Å². The molecule has 0 saturated carbocycles. The monoisotopic (exact) mass is 328 g/mol. The minimum Gasteiger partial charge on any atom is -0.479 e. The Kier molecular flexibility index (Phi) is 4.16. The molecule has 1 aliphatic rings. The van der Waals surface area contributed by atoms with Gasteiger partial charge in [0.1, 0.15) is 5.75 Å². The van der Waals surface area contributed by atoms with Crippen LogP contribution in [-0.2, 0) is 9.59 Å². The fraction of sp³-hybridized carbons (Fsp3) is 0.176. The number of rotatable bonds is 3. The number of ether oxygens (including phenoxy) is 1. The van der Waals surface area contributed by atoms with E-state index in [1.54, 1.807) is 42.5 Å². The summed E-state index contributed by atoms with van der Waals surface area (Å²) in [6.45, 7) is 3.69. The number of thiophene rings is 1. The summed E-state index contributed by atoms with van der Waals surface area (Å²) in [6, 6.07) is 7.16. The van der Waals surface area contributed by atoms with Crippen LogP contribution < -0.4 is 15.4 Å². The summed E-state index contributed by atoms with van der Waals surface area (Å²) < 4.78 is 5.48. The molecule has 0 fully saturated rings. The highest BCUT2D eigenvalue weighted by atomic mass is 32.1. The number of carbonyl (C=O) groups is 2. The predicted molar refractivity (Wildman–Crippen MR) is 91.9 cm³/mol. The van der Waals surface area contributed by atoms with Crippen molar-refractivity contribution in [3.05, 3.63) is 46.2 Å². The van der Waals surface area contributed by atoms with Gasteiger partial charge in [0.05, 0.1) is 5.69 Å². The number of hydrogen-bond donors (Lipinski definition) is 2. The van der Waals surface area contributed by atoms with Gasteiger partial charge >= 0.3 is 0 Å². The van der Waals surface area contributed by atoms with E-state index in [1.807, 2.05) is 18.4 Å². The predicted octanol–water partition coefficient (Wildman–Crippen LogP) is 3.43. The molecule has 2 heterocycles. The minimum atomic E-state index is -0.514. The molecule has 0 bridgehead atoms. The molecule has 2 N–H and O–H groups in total. The van der Waals surface area contributed by atoms with E-state index < -0.39 is 6.10 Å². The number of nitrogens with one attached hydrogen (secondary N) is 2. The second-order valence-electron chi connectivity index (χ2n) is 5.25. The second kappa shape index (κ2) is 6.26. The van der Waals surface area contributed by atoms with Crippen molar-refractivity contribution in [3.8, 4) is 5.75 Å². The van der Waals surface area contributed by atoms with Crippen LogP contribution in [0.25, 0.3) is 6.08 Å². The third-order valence-electron chi connectivity index (χ3n) is 3.47. The highest BCUT2D eigenvalue weighted by molar-refractivity contribution is 7.11. The molecule has 6 heteroatoms. The molecule has 3 rings (SSSR count). The summed E-state index contributed by atoms with van der Waals surface area (Å²) in [5, 5.41) is 7.51. The number of amides is 2. The topological polar surface area (TPSA) is 67.4 Å². The van der Waals surface area contributed by atoms with Gasteiger partial charge in [0.15, 0.2) is 6.10 Å². The van der Waals surface area contributed by atoms with Crippen LogP contribution in [0.1, 0.15) is 17.4 Å². The Bertz CT molecular complexity index is 795. The first-order valence-electron chi connectivity index (χ1n) is 7.17. The van der Waals surface area contributed by atoms with Crippen LogP contribution >= 0.6 is 11.3 Å². The van der Waals surface area contributed by atoms with Gasteiger partial charge < -0.3 is 15.4 Å². The number of fused-ring (bicyclic) bond motifs is 1. The molecule has 0 radical (unpaired) electrons. The third kappa shape index (κ3) is 3.43. The Morgan fingerprint density at radius 3 is 2.96 bits per heavy atom. The zero-order valence-corrected chi connectivity index (χ0v) is 13.6. The van der Waals surface area contributed by atoms with Gasteiger partial charge in [0.25, 0.3) is 5.91 Å². The lowest BCUT2D eigenvalue weighted by molar-refractivity contribution is -0.122. The van der Waals surface area contributed by atoms with E-state index >= 15 is 0 Å². The number of anilines is 2. The zero-order chi connectivity index (χ0) is 16.4. The van der Waals surface area contributed by atoms with Gasteiger partial charge in [-0.25, -0.2) is 0 Å². The summed E-state index contributed by atoms with van der Waals surface area (Å²) in [5.74, 6) is 0.170. The molecule has 2 amide bonds. The van der Waals surface area contributed by atoms with Gasteiger partial charge in [-0.05, 0) is 55.1 Å². The van der Waals surface area contributed by atoms with Crippen molar-refractivity contribution in [1.29, 1.82) is 0 Å². The second-order valence-corrected chi connectivity index (χ2v) is 6.20. The molecule has 118 valence electrons. The fourth-order valence-electron chi connectivity index (χ4n) is 2.18. The van der Waals surface area contributed by atoms with Crippen LogP contribution in [0.5, 0.6) is 5.75 Å². The van der Waals surface area contributed by atoms with Gasteiger partial charge in [-0.1, -0.05) is 0 Å². The van der Waals surface area contributed by atoms with E-state index in [0.29, 0.717) is 17.1 Å². The molecule has 23 heavy (non-hydrogen) atoms. The highest BCUT2D eigenvalue weighted by Crippen LogP contribution is 2.32. The van der Waals surface area contributed by atoms with Gasteiger partial charge in [0, 0.05) is 16.6 Å². The quantitative estimate of drug-likeness (QED) is 0.848. The van der Waals surface area contributed by atoms with Crippen molar-refractivity contribution >= 4 is 40.6 Å². The maximum Gasteiger partial charge on any atom is 0.265 e. The minimum absolute atomic E-state index is 0.200. The smallest absolute Gasteiger partial charge is 0.265 e. The molecule has 5 nitrogen and oxygen atoms in total. The van der Waals surface area contributed by atoms with Crippen molar-refractivity contribution in [1.82, 2.24) is 0 Å². The van der Waals surface area contributed by atoms with Crippen LogP contribution in [0.3, 0.4) is 0 Å². The van der Waals surface area contributed by atoms with Crippen LogP contribution in [0.15, 0.2) is 35.7 Å². The normalized spacial score (nSPS) is 16.6. The number of carbonyl (C=O) groups excluding carboxylic acids is 2. The Morgan fingerprint density at radius 2 is 2.22 bits per heavy atom. The third-order valence-corrected chi connectivity index (χ3v) is 4.45. The van der Waals surface area contributed by atoms with Crippen molar-refractivity contribution < 1.29 is 14.3 Å². The molecule has 0 spiro atoms. The Labute approximate surface area is 138 Å². The molecule has 1 aromatic carbocycles. The summed E-state index contributed by atoms with van der Waals surface area (Å²) in [5.41, 5.74) is 2.30. The lowest BCUT2D eigenvalue weighted by Crippen LogP contribution is -2.34. The lowest BCUT2D eigenvalue weighted by Gasteiger charge is -2.23. The van der Waals surface area contributed by atoms with E-state index in [4.69, 9.17) is 4.74 Å². The maximum absolute atomic E-state index is 12.0. The number of hydrogen-bond acceptors (Lipinski definition) is 4. The first-order chi connectivity index (χ1) is 11.0. The molecular weight excluding hydrogens is 312 g/mol. The molecule has 1 aromatic heterocycles. The Balaban J connectivity index is 1.70. The molecule has 1 atom stereocenters. The zero-order valence-electron chi connectivity index (χ0n) is 12.8. The van der Waals surface area contributed by atoms with Crippen LogP contribution in [0.2, 0.25) is 0 Å². The Morgan fingerprint density at radius 1 is 1.39 bits per heavy atom. The molecule has 1 unspecified atom stereocenters. The Hall–Kier alpha value is -2.60. The molecule has 2 aromatic rings. The fourth-order valence-corrected chi connectivity index (χ4v) is 3.00. The van der Waals surface area contributed by atoms with E-state index in [0.717, 1.165) is 10.4 Å². The molecular formula is C17H16N2O3S. The summed E-state index contributed by atoms with van der Waals surface area (Å²) in [7, 11) is 0. The van der Waals surface area contributed by atoms with Crippen LogP contribution in [0, 0.1) is 6.92 Å². The summed E-state index contributed by atoms with van der Waals surface area (Å²) >= 11 is 1.59. The highest BCUT2D eigenvalue weighted by Gasteiger charge is 2.23. The average molecular weight is 328 g/mol. The molecule has 0 aliphatic carbocycles. The SMILES string of the molecule is Cc1ccsc1C=CC(=O)Nc1ccc2c(c1)NC(=O)C(C)O2. The first-order valence-corrected chi connectivity index (χ1v) is 8.05.